The fourth-order valence-electron chi connectivity index (χ4n) is 2.12. The van der Waals surface area contributed by atoms with E-state index in [-0.39, 0.29) is 6.10 Å². The van der Waals surface area contributed by atoms with E-state index in [4.69, 9.17) is 38.4 Å². The Labute approximate surface area is 140 Å². The van der Waals surface area contributed by atoms with Gasteiger partial charge in [-0.25, -0.2) is 0 Å². The number of rotatable bonds is 7. The lowest BCUT2D eigenvalue weighted by atomic mass is 10.2. The highest BCUT2D eigenvalue weighted by Gasteiger charge is 2.14. The maximum Gasteiger partial charge on any atom is 0.188 e. The van der Waals surface area contributed by atoms with E-state index < -0.39 is 0 Å². The van der Waals surface area contributed by atoms with Crippen molar-refractivity contribution in [2.45, 2.75) is 25.6 Å². The summed E-state index contributed by atoms with van der Waals surface area (Å²) in [6.45, 7) is 2.97. The van der Waals surface area contributed by atoms with Crippen LogP contribution in [0.5, 0.6) is 0 Å². The molecule has 2 rings (SSSR count). The fourth-order valence-corrected chi connectivity index (χ4v) is 2.58. The lowest BCUT2D eigenvalue weighted by Crippen LogP contribution is -2.35. The summed E-state index contributed by atoms with van der Waals surface area (Å²) in [6.07, 6.45) is 2.37. The molecule has 22 heavy (non-hydrogen) atoms. The van der Waals surface area contributed by atoms with Crippen molar-refractivity contribution >= 4 is 29.2 Å². The molecule has 1 unspecified atom stereocenters. The first-order valence-corrected chi connectivity index (χ1v) is 8.08. The third-order valence-corrected chi connectivity index (χ3v) is 3.90. The number of halogens is 2. The first kappa shape index (κ1) is 17.3. The minimum atomic E-state index is 0.212. The average Bonchev–Trinajstić information content (AvgIpc) is 3.00. The zero-order valence-corrected chi connectivity index (χ0v) is 13.9. The monoisotopic (exact) mass is 345 g/mol. The van der Waals surface area contributed by atoms with Crippen molar-refractivity contribution in [3.05, 3.63) is 33.8 Å². The standard InChI is InChI=1S/C15H21Cl2N3O2/c16-12-4-3-11(14(17)8-12)10-21-7-5-19-15(18)20-9-13-2-1-6-22-13/h3-4,8,13H,1-2,5-7,9-10H2,(H3,18,19,20). The molecule has 0 aliphatic carbocycles. The minimum absolute atomic E-state index is 0.212. The van der Waals surface area contributed by atoms with E-state index in [2.05, 4.69) is 10.3 Å². The molecule has 1 saturated heterocycles. The van der Waals surface area contributed by atoms with Gasteiger partial charge in [0.15, 0.2) is 5.96 Å². The van der Waals surface area contributed by atoms with Gasteiger partial charge in [-0.15, -0.1) is 0 Å². The van der Waals surface area contributed by atoms with Crippen LogP contribution in [0.1, 0.15) is 18.4 Å². The molecule has 3 N–H and O–H groups in total. The number of aliphatic imine (C=N–C) groups is 1. The molecule has 0 spiro atoms. The largest absolute Gasteiger partial charge is 0.376 e. The summed E-state index contributed by atoms with van der Waals surface area (Å²) in [5.41, 5.74) is 6.69. The second-order valence-corrected chi connectivity index (χ2v) is 5.92. The van der Waals surface area contributed by atoms with Crippen LogP contribution in [0.2, 0.25) is 10.0 Å². The summed E-state index contributed by atoms with van der Waals surface area (Å²) in [6, 6.07) is 5.35. The van der Waals surface area contributed by atoms with Crippen LogP contribution in [0.25, 0.3) is 0 Å². The van der Waals surface area contributed by atoms with Crippen molar-refractivity contribution in [3.8, 4) is 0 Å². The van der Waals surface area contributed by atoms with Gasteiger partial charge in [0.05, 0.1) is 25.9 Å². The Morgan fingerprint density at radius 3 is 3.05 bits per heavy atom. The highest BCUT2D eigenvalue weighted by molar-refractivity contribution is 6.35. The zero-order chi connectivity index (χ0) is 15.8. The number of nitrogens with two attached hydrogens (primary N) is 1. The van der Waals surface area contributed by atoms with Gasteiger partial charge in [-0.2, -0.15) is 0 Å². The minimum Gasteiger partial charge on any atom is -0.376 e. The molecule has 7 heteroatoms. The van der Waals surface area contributed by atoms with E-state index in [9.17, 15) is 0 Å². The Morgan fingerprint density at radius 2 is 2.32 bits per heavy atom. The summed E-state index contributed by atoms with van der Waals surface area (Å²) < 4.78 is 11.0. The van der Waals surface area contributed by atoms with Crippen molar-refractivity contribution in [3.63, 3.8) is 0 Å². The Morgan fingerprint density at radius 1 is 1.45 bits per heavy atom. The molecule has 5 nitrogen and oxygen atoms in total. The Hall–Kier alpha value is -1.01. The molecule has 1 aromatic rings. The lowest BCUT2D eigenvalue weighted by Gasteiger charge is -2.09. The molecule has 0 amide bonds. The van der Waals surface area contributed by atoms with Gasteiger partial charge in [-0.3, -0.25) is 4.99 Å². The molecule has 1 aliphatic rings. The molecule has 0 radical (unpaired) electrons. The number of nitrogens with one attached hydrogen (secondary N) is 1. The van der Waals surface area contributed by atoms with Gasteiger partial charge in [0.1, 0.15) is 0 Å². The normalized spacial score (nSPS) is 18.6. The third kappa shape index (κ3) is 6.01. The molecule has 0 saturated carbocycles. The van der Waals surface area contributed by atoms with E-state index in [0.717, 1.165) is 25.0 Å². The van der Waals surface area contributed by atoms with Gasteiger partial charge in [0.25, 0.3) is 0 Å². The van der Waals surface area contributed by atoms with Crippen molar-refractivity contribution in [1.82, 2.24) is 5.32 Å². The van der Waals surface area contributed by atoms with Gasteiger partial charge in [0, 0.05) is 23.2 Å². The molecule has 1 fully saturated rings. The van der Waals surface area contributed by atoms with Crippen molar-refractivity contribution in [1.29, 1.82) is 0 Å². The van der Waals surface area contributed by atoms with Crippen LogP contribution in [-0.4, -0.2) is 38.4 Å². The topological polar surface area (TPSA) is 68.9 Å². The summed E-state index contributed by atoms with van der Waals surface area (Å²) in [7, 11) is 0. The Balaban J connectivity index is 1.59. The Bertz CT molecular complexity index is 506. The Kier molecular flexibility index (Phi) is 7.25. The predicted molar refractivity (Wildman–Crippen MR) is 89.6 cm³/mol. The maximum atomic E-state index is 6.07. The number of ether oxygens (including phenoxy) is 2. The fraction of sp³-hybridized carbons (Fsp3) is 0.533. The molecule has 1 aromatic carbocycles. The van der Waals surface area contributed by atoms with Gasteiger partial charge >= 0.3 is 0 Å². The number of nitrogens with zero attached hydrogens (tertiary/aromatic N) is 1. The summed E-state index contributed by atoms with van der Waals surface area (Å²) >= 11 is 11.9. The van der Waals surface area contributed by atoms with Gasteiger partial charge in [-0.05, 0) is 30.5 Å². The van der Waals surface area contributed by atoms with E-state index in [0.29, 0.717) is 42.3 Å². The predicted octanol–water partition coefficient (Wildman–Crippen LogP) is 2.59. The van der Waals surface area contributed by atoms with Crippen LogP contribution in [-0.2, 0) is 16.1 Å². The molecule has 1 heterocycles. The molecular formula is C15H21Cl2N3O2. The van der Waals surface area contributed by atoms with E-state index in [1.54, 1.807) is 12.1 Å². The van der Waals surface area contributed by atoms with E-state index in [1.165, 1.54) is 0 Å². The molecule has 1 atom stereocenters. The molecule has 0 bridgehead atoms. The maximum absolute atomic E-state index is 6.07. The van der Waals surface area contributed by atoms with E-state index in [1.807, 2.05) is 6.07 Å². The van der Waals surface area contributed by atoms with Crippen molar-refractivity contribution in [2.24, 2.45) is 10.7 Å². The summed E-state index contributed by atoms with van der Waals surface area (Å²) in [4.78, 5) is 4.25. The quantitative estimate of drug-likeness (QED) is 0.452. The van der Waals surface area contributed by atoms with Gasteiger partial charge < -0.3 is 20.5 Å². The van der Waals surface area contributed by atoms with Crippen LogP contribution >= 0.6 is 23.2 Å². The summed E-state index contributed by atoms with van der Waals surface area (Å²) in [5.74, 6) is 0.420. The van der Waals surface area contributed by atoms with Crippen LogP contribution in [0.3, 0.4) is 0 Å². The molecule has 0 aromatic heterocycles. The second kappa shape index (κ2) is 9.20. The smallest absolute Gasteiger partial charge is 0.188 e. The first-order valence-electron chi connectivity index (χ1n) is 7.32. The molecule has 122 valence electrons. The van der Waals surface area contributed by atoms with Crippen LogP contribution in [0, 0.1) is 0 Å². The molecule has 1 aliphatic heterocycles. The summed E-state index contributed by atoms with van der Waals surface area (Å²) in [5, 5.41) is 4.24. The zero-order valence-electron chi connectivity index (χ0n) is 12.4. The van der Waals surface area contributed by atoms with Crippen LogP contribution in [0.15, 0.2) is 23.2 Å². The lowest BCUT2D eigenvalue weighted by molar-refractivity contribution is 0.117. The van der Waals surface area contributed by atoms with E-state index >= 15 is 0 Å². The van der Waals surface area contributed by atoms with Crippen molar-refractivity contribution in [2.75, 3.05) is 26.3 Å². The number of benzene rings is 1. The SMILES string of the molecule is NC(=NCC1CCCO1)NCCOCc1ccc(Cl)cc1Cl. The highest BCUT2D eigenvalue weighted by atomic mass is 35.5. The van der Waals surface area contributed by atoms with Gasteiger partial charge in [0.2, 0.25) is 0 Å². The number of hydrogen-bond acceptors (Lipinski definition) is 3. The third-order valence-electron chi connectivity index (χ3n) is 3.31. The van der Waals surface area contributed by atoms with Gasteiger partial charge in [-0.1, -0.05) is 29.3 Å². The van der Waals surface area contributed by atoms with Crippen LogP contribution in [0.4, 0.5) is 0 Å². The molecular weight excluding hydrogens is 325 g/mol. The number of guanidine groups is 1. The van der Waals surface area contributed by atoms with Crippen molar-refractivity contribution < 1.29 is 9.47 Å². The van der Waals surface area contributed by atoms with Crippen LogP contribution < -0.4 is 11.1 Å². The second-order valence-electron chi connectivity index (χ2n) is 5.08. The first-order chi connectivity index (χ1) is 10.6. The highest BCUT2D eigenvalue weighted by Crippen LogP contribution is 2.21. The average molecular weight is 346 g/mol. The number of hydrogen-bond donors (Lipinski definition) is 2.